The molecule has 0 unspecified atom stereocenters. The van der Waals surface area contributed by atoms with E-state index in [-0.39, 0.29) is 11.7 Å². The van der Waals surface area contributed by atoms with Crippen molar-refractivity contribution in [2.45, 2.75) is 12.5 Å². The molecule has 0 amide bonds. The summed E-state index contributed by atoms with van der Waals surface area (Å²) in [7, 11) is 0. The van der Waals surface area contributed by atoms with Crippen LogP contribution in [0.4, 0.5) is 11.5 Å². The second kappa shape index (κ2) is 7.67. The topological polar surface area (TPSA) is 89.8 Å². The fourth-order valence-corrected chi connectivity index (χ4v) is 3.24. The van der Waals surface area contributed by atoms with Crippen molar-refractivity contribution in [2.75, 3.05) is 51.4 Å². The molecule has 0 radical (unpaired) electrons. The van der Waals surface area contributed by atoms with Crippen molar-refractivity contribution in [3.63, 3.8) is 0 Å². The molecule has 2 atom stereocenters. The fraction of sp³-hybridized carbons (Fsp3) is 0.667. The minimum absolute atomic E-state index is 0.0101. The summed E-state index contributed by atoms with van der Waals surface area (Å²) >= 11 is 0. The molecule has 3 heterocycles. The minimum Gasteiger partial charge on any atom is -0.381 e. The van der Waals surface area contributed by atoms with E-state index in [0.29, 0.717) is 18.3 Å². The normalized spacial score (nSPS) is 23.6. The van der Waals surface area contributed by atoms with Crippen LogP contribution in [0.25, 0.3) is 0 Å². The zero-order valence-corrected chi connectivity index (χ0v) is 13.0. The Labute approximate surface area is 134 Å². The summed E-state index contributed by atoms with van der Waals surface area (Å²) in [6.07, 6.45) is 2.59. The monoisotopic (exact) mass is 322 g/mol. The molecule has 126 valence electrons. The van der Waals surface area contributed by atoms with Gasteiger partial charge in [0, 0.05) is 50.5 Å². The van der Waals surface area contributed by atoms with Crippen molar-refractivity contribution in [2.24, 2.45) is 5.92 Å². The average molecular weight is 322 g/mol. The van der Waals surface area contributed by atoms with E-state index in [2.05, 4.69) is 15.2 Å². The molecule has 1 N–H and O–H groups in total. The number of morpholine rings is 1. The molecule has 0 saturated carbocycles. The maximum absolute atomic E-state index is 11.1. The molecule has 0 spiro atoms. The van der Waals surface area contributed by atoms with Crippen molar-refractivity contribution in [1.82, 2.24) is 9.88 Å². The van der Waals surface area contributed by atoms with E-state index in [0.717, 1.165) is 45.9 Å². The van der Waals surface area contributed by atoms with E-state index in [1.165, 1.54) is 6.07 Å². The molecule has 2 fully saturated rings. The Balaban J connectivity index is 1.69. The van der Waals surface area contributed by atoms with Crippen LogP contribution < -0.4 is 5.32 Å². The zero-order chi connectivity index (χ0) is 16.1. The van der Waals surface area contributed by atoms with Crippen molar-refractivity contribution < 1.29 is 14.4 Å². The van der Waals surface area contributed by atoms with Gasteiger partial charge in [-0.05, 0) is 12.5 Å². The van der Waals surface area contributed by atoms with E-state index in [1.54, 1.807) is 12.3 Å². The van der Waals surface area contributed by atoms with Gasteiger partial charge in [0.15, 0.2) is 0 Å². The number of hydrogen-bond donors (Lipinski definition) is 1. The molecule has 0 aliphatic carbocycles. The maximum Gasteiger partial charge on any atom is 0.311 e. The highest BCUT2D eigenvalue weighted by atomic mass is 16.6. The van der Waals surface area contributed by atoms with E-state index in [1.807, 2.05) is 0 Å². The molecule has 3 rings (SSSR count). The predicted octanol–water partition coefficient (Wildman–Crippen LogP) is 1.14. The second-order valence-corrected chi connectivity index (χ2v) is 5.85. The van der Waals surface area contributed by atoms with Crippen LogP contribution in [-0.2, 0) is 9.47 Å². The molecule has 23 heavy (non-hydrogen) atoms. The minimum atomic E-state index is -0.405. The van der Waals surface area contributed by atoms with Gasteiger partial charge in [-0.2, -0.15) is 0 Å². The lowest BCUT2D eigenvalue weighted by atomic mass is 9.97. The quantitative estimate of drug-likeness (QED) is 0.620. The van der Waals surface area contributed by atoms with Crippen molar-refractivity contribution in [3.8, 4) is 0 Å². The van der Waals surface area contributed by atoms with Gasteiger partial charge in [-0.1, -0.05) is 0 Å². The number of ether oxygens (including phenoxy) is 2. The number of nitro groups is 1. The Morgan fingerprint density at radius 1 is 1.39 bits per heavy atom. The molecule has 2 aliphatic heterocycles. The van der Waals surface area contributed by atoms with Gasteiger partial charge in [-0.3, -0.25) is 15.0 Å². The van der Waals surface area contributed by atoms with Crippen LogP contribution in [0, 0.1) is 16.0 Å². The molecular weight excluding hydrogens is 300 g/mol. The van der Waals surface area contributed by atoms with Crippen molar-refractivity contribution in [3.05, 3.63) is 28.4 Å². The lowest BCUT2D eigenvalue weighted by molar-refractivity contribution is -0.384. The molecule has 8 nitrogen and oxygen atoms in total. The van der Waals surface area contributed by atoms with Crippen LogP contribution in [0.15, 0.2) is 18.3 Å². The first-order valence-electron chi connectivity index (χ1n) is 7.98. The van der Waals surface area contributed by atoms with Gasteiger partial charge < -0.3 is 14.8 Å². The van der Waals surface area contributed by atoms with Crippen LogP contribution in [0.3, 0.4) is 0 Å². The molecule has 1 aromatic rings. The zero-order valence-electron chi connectivity index (χ0n) is 13.0. The standard InChI is InChI=1S/C15H22N4O4/c20-19(21)13-2-1-4-16-15(13)17-10-14(12-3-7-23-11-12)18-5-8-22-9-6-18/h1-2,4,12,14H,3,5-11H2,(H,16,17)/t12-,14-/m1/s1. The van der Waals surface area contributed by atoms with Crippen LogP contribution in [0.2, 0.25) is 0 Å². The van der Waals surface area contributed by atoms with Gasteiger partial charge in [0.1, 0.15) is 0 Å². The highest BCUT2D eigenvalue weighted by Gasteiger charge is 2.32. The SMILES string of the molecule is O=[N+]([O-])c1cccnc1NC[C@H]([C@@H]1CCOC1)N1CCOCC1. The lowest BCUT2D eigenvalue weighted by Crippen LogP contribution is -2.50. The molecule has 2 aliphatic rings. The predicted molar refractivity (Wildman–Crippen MR) is 84.5 cm³/mol. The van der Waals surface area contributed by atoms with Gasteiger partial charge in [0.05, 0.1) is 24.7 Å². The molecule has 2 saturated heterocycles. The second-order valence-electron chi connectivity index (χ2n) is 5.85. The first-order chi connectivity index (χ1) is 11.3. The van der Waals surface area contributed by atoms with Crippen molar-refractivity contribution in [1.29, 1.82) is 0 Å². The van der Waals surface area contributed by atoms with Gasteiger partial charge >= 0.3 is 5.69 Å². The molecular formula is C15H22N4O4. The summed E-state index contributed by atoms with van der Waals surface area (Å²) in [5.74, 6) is 0.762. The molecule has 1 aromatic heterocycles. The van der Waals surface area contributed by atoms with E-state index in [4.69, 9.17) is 9.47 Å². The first-order valence-corrected chi connectivity index (χ1v) is 7.98. The van der Waals surface area contributed by atoms with Gasteiger partial charge in [-0.25, -0.2) is 4.98 Å². The Morgan fingerprint density at radius 2 is 2.22 bits per heavy atom. The summed E-state index contributed by atoms with van der Waals surface area (Å²) in [4.78, 5) is 17.2. The lowest BCUT2D eigenvalue weighted by Gasteiger charge is -2.37. The summed E-state index contributed by atoms with van der Waals surface area (Å²) < 4.78 is 11.0. The maximum atomic E-state index is 11.1. The third kappa shape index (κ3) is 3.95. The van der Waals surface area contributed by atoms with Crippen LogP contribution in [-0.4, -0.2) is 66.9 Å². The van der Waals surface area contributed by atoms with E-state index < -0.39 is 4.92 Å². The summed E-state index contributed by atoms with van der Waals surface area (Å²) in [5.41, 5.74) is 0.0101. The average Bonchev–Trinajstić information content (AvgIpc) is 3.10. The molecule has 0 aromatic carbocycles. The highest BCUT2D eigenvalue weighted by Crippen LogP contribution is 2.25. The third-order valence-corrected chi connectivity index (χ3v) is 4.49. The van der Waals surface area contributed by atoms with E-state index >= 15 is 0 Å². The van der Waals surface area contributed by atoms with Crippen LogP contribution >= 0.6 is 0 Å². The largest absolute Gasteiger partial charge is 0.381 e. The van der Waals surface area contributed by atoms with Crippen LogP contribution in [0.5, 0.6) is 0 Å². The first kappa shape index (κ1) is 16.1. The molecule has 0 bridgehead atoms. The van der Waals surface area contributed by atoms with Crippen molar-refractivity contribution >= 4 is 11.5 Å². The summed E-state index contributed by atoms with van der Waals surface area (Å²) in [5, 5.41) is 14.3. The number of nitrogens with zero attached hydrogens (tertiary/aromatic N) is 3. The number of hydrogen-bond acceptors (Lipinski definition) is 7. The Hall–Kier alpha value is -1.77. The smallest absolute Gasteiger partial charge is 0.311 e. The number of rotatable bonds is 6. The third-order valence-electron chi connectivity index (χ3n) is 4.49. The summed E-state index contributed by atoms with van der Waals surface area (Å²) in [6, 6.07) is 3.31. The Kier molecular flexibility index (Phi) is 5.37. The number of aromatic nitrogens is 1. The fourth-order valence-electron chi connectivity index (χ4n) is 3.24. The van der Waals surface area contributed by atoms with E-state index in [9.17, 15) is 10.1 Å². The van der Waals surface area contributed by atoms with Gasteiger partial charge in [0.25, 0.3) is 0 Å². The number of pyridine rings is 1. The highest BCUT2D eigenvalue weighted by molar-refractivity contribution is 5.55. The van der Waals surface area contributed by atoms with Gasteiger partial charge in [-0.15, -0.1) is 0 Å². The number of nitrogens with one attached hydrogen (secondary N) is 1. The molecule has 8 heteroatoms. The summed E-state index contributed by atoms with van der Waals surface area (Å²) in [6.45, 7) is 5.37. The van der Waals surface area contributed by atoms with Gasteiger partial charge in [0.2, 0.25) is 5.82 Å². The Bertz CT molecular complexity index is 530. The van der Waals surface area contributed by atoms with Crippen LogP contribution in [0.1, 0.15) is 6.42 Å². The number of anilines is 1. The Morgan fingerprint density at radius 3 is 2.91 bits per heavy atom.